The van der Waals surface area contributed by atoms with Gasteiger partial charge in [0, 0.05) is 23.5 Å². The molecule has 0 spiro atoms. The third kappa shape index (κ3) is 5.71. The molecule has 0 aromatic rings. The van der Waals surface area contributed by atoms with Crippen LogP contribution >= 0.6 is 0 Å². The maximum atomic E-state index is 11.8. The van der Waals surface area contributed by atoms with Crippen LogP contribution in [0.5, 0.6) is 0 Å². The number of carbonyl (C=O) groups excluding carboxylic acids is 3. The molecule has 1 saturated heterocycles. The second kappa shape index (κ2) is 6.43. The summed E-state index contributed by atoms with van der Waals surface area (Å²) >= 11 is 0. The first-order valence-electron chi connectivity index (χ1n) is 7.24. The highest BCUT2D eigenvalue weighted by Gasteiger charge is 2.38. The van der Waals surface area contributed by atoms with Gasteiger partial charge in [0.25, 0.3) is 0 Å². The van der Waals surface area contributed by atoms with E-state index in [0.717, 1.165) is 12.8 Å². The first-order valence-corrected chi connectivity index (χ1v) is 7.24. The van der Waals surface area contributed by atoms with Crippen molar-refractivity contribution in [3.05, 3.63) is 0 Å². The van der Waals surface area contributed by atoms with Crippen LogP contribution in [-0.2, 0) is 14.4 Å². The predicted molar refractivity (Wildman–Crippen MR) is 79.0 cm³/mol. The van der Waals surface area contributed by atoms with Crippen molar-refractivity contribution in [3.63, 3.8) is 0 Å². The molecule has 120 valence electrons. The Labute approximate surface area is 125 Å². The number of hydrogen-bond acceptors (Lipinski definition) is 4. The normalized spacial score (nSPS) is 20.4. The van der Waals surface area contributed by atoms with E-state index in [2.05, 4.69) is 49.2 Å². The summed E-state index contributed by atoms with van der Waals surface area (Å²) in [5.74, 6) is -1.93. The standard InChI is InChI=1S/C14H26N4O3/c1-6-10(19)16-17-12(21)11(20)15-9-7-13(2,3)18-14(4,5)8-9/h9,18H,6-8H2,1-5H3,(H,15,20)(H,16,19)(H,17,21). The van der Waals surface area contributed by atoms with E-state index >= 15 is 0 Å². The molecule has 0 aliphatic carbocycles. The lowest BCUT2D eigenvalue weighted by atomic mass is 9.79. The number of rotatable bonds is 2. The molecule has 0 saturated carbocycles. The predicted octanol–water partition coefficient (Wildman–Crippen LogP) is -0.0308. The zero-order valence-electron chi connectivity index (χ0n) is 13.4. The van der Waals surface area contributed by atoms with Crippen molar-refractivity contribution < 1.29 is 14.4 Å². The van der Waals surface area contributed by atoms with E-state index < -0.39 is 11.8 Å². The summed E-state index contributed by atoms with van der Waals surface area (Å²) < 4.78 is 0. The number of hydrazine groups is 1. The Kier molecular flexibility index (Phi) is 5.33. The van der Waals surface area contributed by atoms with Gasteiger partial charge >= 0.3 is 11.8 Å². The van der Waals surface area contributed by atoms with E-state index in [0.29, 0.717) is 0 Å². The summed E-state index contributed by atoms with van der Waals surface area (Å²) in [7, 11) is 0. The van der Waals surface area contributed by atoms with Gasteiger partial charge in [-0.15, -0.1) is 0 Å². The molecular formula is C14H26N4O3. The SMILES string of the molecule is CCC(=O)NNC(=O)C(=O)NC1CC(C)(C)NC(C)(C)C1. The van der Waals surface area contributed by atoms with Gasteiger partial charge < -0.3 is 10.6 Å². The molecule has 21 heavy (non-hydrogen) atoms. The van der Waals surface area contributed by atoms with Gasteiger partial charge in [0.2, 0.25) is 5.91 Å². The average molecular weight is 298 g/mol. The Morgan fingerprint density at radius 1 is 1.00 bits per heavy atom. The number of nitrogens with one attached hydrogen (secondary N) is 4. The number of hydrogen-bond donors (Lipinski definition) is 4. The average Bonchev–Trinajstić information content (AvgIpc) is 2.31. The van der Waals surface area contributed by atoms with E-state index in [9.17, 15) is 14.4 Å². The number of carbonyl (C=O) groups is 3. The molecule has 0 atom stereocenters. The molecule has 1 fully saturated rings. The van der Waals surface area contributed by atoms with Crippen LogP contribution in [0.1, 0.15) is 53.9 Å². The Hall–Kier alpha value is -1.63. The minimum absolute atomic E-state index is 0.0867. The second-order valence-electron chi connectivity index (χ2n) is 6.83. The molecule has 1 aliphatic heterocycles. The van der Waals surface area contributed by atoms with Crippen molar-refractivity contribution in [3.8, 4) is 0 Å². The molecule has 0 radical (unpaired) electrons. The van der Waals surface area contributed by atoms with Crippen LogP contribution in [-0.4, -0.2) is 34.8 Å². The van der Waals surface area contributed by atoms with Crippen molar-refractivity contribution in [1.29, 1.82) is 0 Å². The quantitative estimate of drug-likeness (QED) is 0.425. The van der Waals surface area contributed by atoms with Crippen molar-refractivity contribution in [2.45, 2.75) is 71.0 Å². The van der Waals surface area contributed by atoms with Crippen LogP contribution < -0.4 is 21.5 Å². The number of amides is 3. The fourth-order valence-electron chi connectivity index (χ4n) is 2.95. The van der Waals surface area contributed by atoms with Crippen LogP contribution in [0.2, 0.25) is 0 Å². The summed E-state index contributed by atoms with van der Waals surface area (Å²) in [5.41, 5.74) is 4.03. The van der Waals surface area contributed by atoms with Crippen LogP contribution in [0.3, 0.4) is 0 Å². The molecule has 4 N–H and O–H groups in total. The molecule has 1 aliphatic rings. The molecule has 0 bridgehead atoms. The van der Waals surface area contributed by atoms with Crippen LogP contribution in [0.4, 0.5) is 0 Å². The van der Waals surface area contributed by atoms with E-state index in [1.165, 1.54) is 0 Å². The van der Waals surface area contributed by atoms with Crippen LogP contribution in [0.25, 0.3) is 0 Å². The smallest absolute Gasteiger partial charge is 0.327 e. The van der Waals surface area contributed by atoms with Gasteiger partial charge in [0.1, 0.15) is 0 Å². The van der Waals surface area contributed by atoms with E-state index in [1.54, 1.807) is 6.92 Å². The lowest BCUT2D eigenvalue weighted by Gasteiger charge is -2.46. The summed E-state index contributed by atoms with van der Waals surface area (Å²) in [4.78, 5) is 34.5. The molecular weight excluding hydrogens is 272 g/mol. The van der Waals surface area contributed by atoms with Crippen molar-refractivity contribution in [2.75, 3.05) is 0 Å². The minimum Gasteiger partial charge on any atom is -0.345 e. The third-order valence-electron chi connectivity index (χ3n) is 3.37. The maximum absolute atomic E-state index is 11.8. The van der Waals surface area contributed by atoms with Crippen LogP contribution in [0, 0.1) is 0 Å². The number of piperidine rings is 1. The Bertz CT molecular complexity index is 416. The fraction of sp³-hybridized carbons (Fsp3) is 0.786. The zero-order chi connectivity index (χ0) is 16.3. The maximum Gasteiger partial charge on any atom is 0.327 e. The molecule has 0 aromatic carbocycles. The van der Waals surface area contributed by atoms with Crippen molar-refractivity contribution >= 4 is 17.7 Å². The molecule has 7 heteroatoms. The Morgan fingerprint density at radius 3 is 2.00 bits per heavy atom. The monoisotopic (exact) mass is 298 g/mol. The molecule has 0 unspecified atom stereocenters. The minimum atomic E-state index is -0.856. The van der Waals surface area contributed by atoms with Gasteiger partial charge in [0.05, 0.1) is 0 Å². The Morgan fingerprint density at radius 2 is 1.52 bits per heavy atom. The molecule has 1 rings (SSSR count). The largest absolute Gasteiger partial charge is 0.345 e. The first kappa shape index (κ1) is 17.4. The van der Waals surface area contributed by atoms with Gasteiger partial charge in [-0.2, -0.15) is 0 Å². The van der Waals surface area contributed by atoms with Gasteiger partial charge in [0.15, 0.2) is 0 Å². The highest BCUT2D eigenvalue weighted by molar-refractivity contribution is 6.35. The lowest BCUT2D eigenvalue weighted by molar-refractivity contribution is -0.141. The van der Waals surface area contributed by atoms with Gasteiger partial charge in [-0.3, -0.25) is 25.2 Å². The summed E-state index contributed by atoms with van der Waals surface area (Å²) in [6.45, 7) is 9.91. The fourth-order valence-corrected chi connectivity index (χ4v) is 2.95. The van der Waals surface area contributed by atoms with E-state index in [4.69, 9.17) is 0 Å². The third-order valence-corrected chi connectivity index (χ3v) is 3.37. The van der Waals surface area contributed by atoms with E-state index in [-0.39, 0.29) is 29.4 Å². The van der Waals surface area contributed by atoms with Gasteiger partial charge in [-0.25, -0.2) is 0 Å². The van der Waals surface area contributed by atoms with Crippen LogP contribution in [0.15, 0.2) is 0 Å². The molecule has 0 aromatic heterocycles. The highest BCUT2D eigenvalue weighted by Crippen LogP contribution is 2.28. The van der Waals surface area contributed by atoms with Crippen molar-refractivity contribution in [1.82, 2.24) is 21.5 Å². The topological polar surface area (TPSA) is 99.3 Å². The zero-order valence-corrected chi connectivity index (χ0v) is 13.4. The van der Waals surface area contributed by atoms with Gasteiger partial charge in [-0.1, -0.05) is 6.92 Å². The van der Waals surface area contributed by atoms with Gasteiger partial charge in [-0.05, 0) is 40.5 Å². The highest BCUT2D eigenvalue weighted by atomic mass is 16.2. The molecule has 1 heterocycles. The second-order valence-corrected chi connectivity index (χ2v) is 6.83. The van der Waals surface area contributed by atoms with E-state index in [1.807, 2.05) is 0 Å². The van der Waals surface area contributed by atoms with Crippen molar-refractivity contribution in [2.24, 2.45) is 0 Å². The summed E-state index contributed by atoms with van der Waals surface area (Å²) in [6, 6.07) is -0.0867. The molecule has 7 nitrogen and oxygen atoms in total. The first-order chi connectivity index (χ1) is 9.54. The lowest BCUT2D eigenvalue weighted by Crippen LogP contribution is -2.63. The summed E-state index contributed by atoms with van der Waals surface area (Å²) in [5, 5.41) is 6.23. The molecule has 3 amide bonds. The Balaban J connectivity index is 2.54. The summed E-state index contributed by atoms with van der Waals surface area (Å²) in [6.07, 6.45) is 1.70.